The van der Waals surface area contributed by atoms with E-state index in [9.17, 15) is 71.9 Å². The average molecular weight is 1610 g/mol. The van der Waals surface area contributed by atoms with Crippen LogP contribution in [0.1, 0.15) is 135 Å². The Morgan fingerprint density at radius 3 is 0.939 bits per heavy atom. The summed E-state index contributed by atoms with van der Waals surface area (Å²) in [4.78, 5) is 44.5. The van der Waals surface area contributed by atoms with Gasteiger partial charge in [0.25, 0.3) is 0 Å². The first-order valence-corrected chi connectivity index (χ1v) is 36.6. The average Bonchev–Trinajstić information content (AvgIpc) is 0.880. The molecule has 2 N–H and O–H groups in total. The number of hydrogen-bond donors (Lipinski definition) is 2. The SMILES string of the molecule is COC(CCCc1ccc(C(F)(F)F)cc1)COc1ccccc1CNC(C)=O.COC(CCCc1ccc(C(F)(F)F)cc1)COc1ccccc1COC(C)=O.COC(CCCc1ccc(C(F)(F)F)cc1)COc1ccccc1NC(C)=O.COC(CCCc1ccc(C(F)(F)F)cc1)COc1ccccc1OC(C)=O. The maximum atomic E-state index is 12.6. The van der Waals surface area contributed by atoms with Crippen LogP contribution in [-0.2, 0) is 106 Å². The van der Waals surface area contributed by atoms with Gasteiger partial charge in [-0.3, -0.25) is 19.2 Å². The number of anilines is 1. The summed E-state index contributed by atoms with van der Waals surface area (Å²) >= 11 is 0. The van der Waals surface area contributed by atoms with Crippen molar-refractivity contribution in [2.45, 2.75) is 167 Å². The van der Waals surface area contributed by atoms with E-state index in [1.54, 1.807) is 77.0 Å². The quantitative estimate of drug-likeness (QED) is 0.0212. The number of halogens is 12. The molecular weight excluding hydrogens is 1510 g/mol. The normalized spacial score (nSPS) is 12.5. The van der Waals surface area contributed by atoms with Gasteiger partial charge in [0.05, 0.1) is 52.4 Å². The first-order valence-electron chi connectivity index (χ1n) is 36.6. The topological polar surface area (TPSA) is 185 Å². The number of hydrogen-bond acceptors (Lipinski definition) is 14. The van der Waals surface area contributed by atoms with E-state index < -0.39 is 52.9 Å². The molecule has 0 bridgehead atoms. The van der Waals surface area contributed by atoms with Gasteiger partial charge in [0.2, 0.25) is 11.8 Å². The van der Waals surface area contributed by atoms with Crippen LogP contribution in [0.3, 0.4) is 0 Å². The molecule has 4 atom stereocenters. The smallest absolute Gasteiger partial charge is 0.416 e. The summed E-state index contributed by atoms with van der Waals surface area (Å²) in [6.07, 6.45) is -9.53. The summed E-state index contributed by atoms with van der Waals surface area (Å²) < 4.78 is 206. The molecule has 0 saturated heterocycles. The van der Waals surface area contributed by atoms with Gasteiger partial charge in [0, 0.05) is 73.8 Å². The van der Waals surface area contributed by atoms with E-state index in [0.29, 0.717) is 112 Å². The number of carbonyl (C=O) groups excluding carboxylic acids is 4. The molecule has 16 nitrogen and oxygen atoms in total. The second-order valence-electron chi connectivity index (χ2n) is 26.1. The van der Waals surface area contributed by atoms with Gasteiger partial charge in [0.1, 0.15) is 50.3 Å². The van der Waals surface area contributed by atoms with Gasteiger partial charge in [-0.25, -0.2) is 0 Å². The Bertz CT molecular complexity index is 3860. The lowest BCUT2D eigenvalue weighted by atomic mass is 10.0. The molecule has 8 aromatic carbocycles. The number of ether oxygens (including phenoxy) is 10. The molecule has 28 heteroatoms. The van der Waals surface area contributed by atoms with Crippen LogP contribution in [0.25, 0.3) is 0 Å². The van der Waals surface area contributed by atoms with E-state index in [2.05, 4.69) is 10.6 Å². The number of nitrogens with one attached hydrogen (secondary N) is 2. The molecule has 4 unspecified atom stereocenters. The molecule has 0 saturated carbocycles. The van der Waals surface area contributed by atoms with E-state index >= 15 is 0 Å². The Labute approximate surface area is 657 Å². The Morgan fingerprint density at radius 2 is 0.623 bits per heavy atom. The summed E-state index contributed by atoms with van der Waals surface area (Å²) in [6.45, 7) is 7.31. The minimum Gasteiger partial charge on any atom is -0.491 e. The molecule has 0 fully saturated rings. The number of alkyl halides is 12. The van der Waals surface area contributed by atoms with Crippen LogP contribution in [-0.4, -0.2) is 103 Å². The third-order valence-corrected chi connectivity index (χ3v) is 17.3. The number of aryl methyl sites for hydroxylation is 4. The van der Waals surface area contributed by atoms with Crippen LogP contribution in [0.2, 0.25) is 0 Å². The molecule has 0 spiro atoms. The van der Waals surface area contributed by atoms with Gasteiger partial charge in [-0.2, -0.15) is 52.7 Å². The molecule has 2 amide bonds. The van der Waals surface area contributed by atoms with Gasteiger partial charge in [-0.05, 0) is 184 Å². The van der Waals surface area contributed by atoms with E-state index in [-0.39, 0.29) is 55.4 Å². The van der Waals surface area contributed by atoms with Crippen molar-refractivity contribution in [2.75, 3.05) is 60.2 Å². The lowest BCUT2D eigenvalue weighted by Crippen LogP contribution is -2.22. The number of methoxy groups -OCH3 is 4. The van der Waals surface area contributed by atoms with Gasteiger partial charge in [0.15, 0.2) is 11.5 Å². The number of rotatable bonds is 38. The molecule has 0 radical (unpaired) electrons. The summed E-state index contributed by atoms with van der Waals surface area (Å²) in [6, 6.07) is 49.6. The van der Waals surface area contributed by atoms with Gasteiger partial charge in [-0.15, -0.1) is 0 Å². The number of amides is 2. The predicted molar refractivity (Wildman–Crippen MR) is 407 cm³/mol. The monoisotopic (exact) mass is 1610 g/mol. The maximum Gasteiger partial charge on any atom is 0.416 e. The molecule has 0 aliphatic carbocycles. The predicted octanol–water partition coefficient (Wildman–Crippen LogP) is 20.1. The molecule has 8 rings (SSSR count). The Balaban J connectivity index is 0.000000271. The Hall–Kier alpha value is -10.2. The van der Waals surface area contributed by atoms with Crippen molar-refractivity contribution in [2.24, 2.45) is 0 Å². The number of esters is 2. The van der Waals surface area contributed by atoms with Crippen LogP contribution in [0.15, 0.2) is 194 Å². The molecular formula is C86H98F12N2O14. The minimum atomic E-state index is -4.32. The zero-order valence-electron chi connectivity index (χ0n) is 64.8. The van der Waals surface area contributed by atoms with Crippen molar-refractivity contribution < 1.29 is 119 Å². The molecule has 620 valence electrons. The Kier molecular flexibility index (Phi) is 40.4. The summed E-state index contributed by atoms with van der Waals surface area (Å²) in [7, 11) is 6.36. The molecule has 0 heterocycles. The summed E-state index contributed by atoms with van der Waals surface area (Å²) in [5, 5.41) is 5.46. The zero-order chi connectivity index (χ0) is 83.7. The van der Waals surface area contributed by atoms with Crippen molar-refractivity contribution in [1.29, 1.82) is 0 Å². The van der Waals surface area contributed by atoms with Gasteiger partial charge < -0.3 is 58.0 Å². The minimum absolute atomic E-state index is 0.113. The molecule has 114 heavy (non-hydrogen) atoms. The largest absolute Gasteiger partial charge is 0.491 e. The highest BCUT2D eigenvalue weighted by atomic mass is 19.4. The molecule has 8 aromatic rings. The summed E-state index contributed by atoms with van der Waals surface area (Å²) in [5.41, 5.74) is 3.06. The fourth-order valence-corrected chi connectivity index (χ4v) is 11.0. The number of para-hydroxylation sites is 6. The van der Waals surface area contributed by atoms with Crippen molar-refractivity contribution in [3.8, 4) is 28.7 Å². The lowest BCUT2D eigenvalue weighted by Gasteiger charge is -2.18. The van der Waals surface area contributed by atoms with Crippen LogP contribution < -0.4 is 34.3 Å². The fraction of sp³-hybridized carbons (Fsp3) is 0.395. The standard InChI is InChI=1S/C22H26F3NO3.C22H25F3O4.C21H24F3NO3.C21H23F3O4/c1-16(27)26-14-18-7-3-4-9-21(18)29-15-20(28-2)8-5-6-17-10-12-19(13-11-17)22(23,24)25;1-16(26)28-14-18-7-3-4-9-21(18)29-15-20(27-2)8-5-6-17-10-12-19(13-11-17)22(23,24)25;1-15(26)25-19-8-3-4-9-20(19)28-14-18(27-2)7-5-6-16-10-12-17(13-11-16)21(22,23)24;1-15(25)28-20-9-4-3-8-19(20)27-14-18(26-2)7-5-6-16-10-12-17(13-11-16)21(22,23)24/h3-4,7,9-13,20H,5-6,8,14-15H2,1-2H3,(H,26,27);3-4,7,9-13,20H,5-6,8,14-15H2,1-2H3;3-4,8-13,18H,5-7,14H2,1-2H3,(H,25,26);3-4,8-13,18H,5-7,14H2,1-2H3. The second kappa shape index (κ2) is 48.8. The van der Waals surface area contributed by atoms with E-state index in [1.807, 2.05) is 48.5 Å². The highest BCUT2D eigenvalue weighted by Gasteiger charge is 2.33. The third kappa shape index (κ3) is 36.8. The van der Waals surface area contributed by atoms with Crippen molar-refractivity contribution in [3.05, 3.63) is 250 Å². The van der Waals surface area contributed by atoms with Gasteiger partial charge >= 0.3 is 36.6 Å². The van der Waals surface area contributed by atoms with Crippen LogP contribution in [0.5, 0.6) is 28.7 Å². The third-order valence-electron chi connectivity index (χ3n) is 17.3. The van der Waals surface area contributed by atoms with Crippen LogP contribution in [0.4, 0.5) is 58.4 Å². The molecule has 0 aromatic heterocycles. The number of benzene rings is 8. The van der Waals surface area contributed by atoms with Crippen molar-refractivity contribution in [1.82, 2.24) is 5.32 Å². The Morgan fingerprint density at radius 1 is 0.333 bits per heavy atom. The van der Waals surface area contributed by atoms with Crippen LogP contribution in [0, 0.1) is 0 Å². The van der Waals surface area contributed by atoms with Gasteiger partial charge in [-0.1, -0.05) is 109 Å². The zero-order valence-corrected chi connectivity index (χ0v) is 64.8. The van der Waals surface area contributed by atoms with E-state index in [0.717, 1.165) is 108 Å². The molecule has 0 aliphatic heterocycles. The van der Waals surface area contributed by atoms with E-state index in [4.69, 9.17) is 47.4 Å². The highest BCUT2D eigenvalue weighted by molar-refractivity contribution is 5.90. The first kappa shape index (κ1) is 94.4. The lowest BCUT2D eigenvalue weighted by molar-refractivity contribution is -0.142. The van der Waals surface area contributed by atoms with Crippen molar-refractivity contribution >= 4 is 29.4 Å². The molecule has 0 aliphatic rings. The van der Waals surface area contributed by atoms with Crippen LogP contribution >= 0.6 is 0 Å². The first-order chi connectivity index (χ1) is 54.2. The second-order valence-corrected chi connectivity index (χ2v) is 26.1. The maximum absolute atomic E-state index is 12.6. The van der Waals surface area contributed by atoms with Crippen molar-refractivity contribution in [3.63, 3.8) is 0 Å². The fourth-order valence-electron chi connectivity index (χ4n) is 11.0. The van der Waals surface area contributed by atoms with E-state index in [1.165, 1.54) is 76.2 Å². The summed E-state index contributed by atoms with van der Waals surface area (Å²) in [5.74, 6) is 1.56. The highest BCUT2D eigenvalue weighted by Crippen LogP contribution is 2.35. The number of carbonyl (C=O) groups is 4.